The number of anilines is 1. The molecule has 2 aliphatic heterocycles. The molecule has 2 aromatic carbocycles. The summed E-state index contributed by atoms with van der Waals surface area (Å²) in [6.07, 6.45) is 0.151. The summed E-state index contributed by atoms with van der Waals surface area (Å²) in [6, 6.07) is 16.4. The SMILES string of the molecule is COc1ccc(O[C@@H]2CN(c3ccc(OC)cc3)[C@@H]2CN2CCOCC2)cc1. The van der Waals surface area contributed by atoms with Gasteiger partial charge in [-0.15, -0.1) is 0 Å². The maximum Gasteiger partial charge on any atom is 0.138 e. The van der Waals surface area contributed by atoms with Crippen molar-refractivity contribution in [2.75, 3.05) is 58.5 Å². The number of nitrogens with zero attached hydrogens (tertiary/aromatic N) is 2. The molecule has 150 valence electrons. The second-order valence-corrected chi connectivity index (χ2v) is 7.16. The highest BCUT2D eigenvalue weighted by Crippen LogP contribution is 2.32. The lowest BCUT2D eigenvalue weighted by Crippen LogP contribution is -2.67. The van der Waals surface area contributed by atoms with Crippen molar-refractivity contribution < 1.29 is 18.9 Å². The Labute approximate surface area is 166 Å². The quantitative estimate of drug-likeness (QED) is 0.731. The molecule has 4 rings (SSSR count). The zero-order chi connectivity index (χ0) is 19.3. The standard InChI is InChI=1S/C22H28N2O4/c1-25-18-5-3-17(4-6-18)24-16-22(21(24)15-23-11-13-27-14-12-23)28-20-9-7-19(26-2)8-10-20/h3-10,21-22H,11-16H2,1-2H3/t21-,22-/m1/s1. The molecule has 2 aromatic rings. The molecule has 0 spiro atoms. The Morgan fingerprint density at radius 1 is 0.857 bits per heavy atom. The van der Waals surface area contributed by atoms with Crippen LogP contribution in [0.5, 0.6) is 17.2 Å². The molecule has 0 bridgehead atoms. The Morgan fingerprint density at radius 2 is 1.43 bits per heavy atom. The van der Waals surface area contributed by atoms with Gasteiger partial charge in [-0.2, -0.15) is 0 Å². The van der Waals surface area contributed by atoms with E-state index in [9.17, 15) is 0 Å². The Kier molecular flexibility index (Phi) is 5.88. The normalized spacial score (nSPS) is 22.4. The minimum atomic E-state index is 0.151. The van der Waals surface area contributed by atoms with Gasteiger partial charge in [0.15, 0.2) is 0 Å². The summed E-state index contributed by atoms with van der Waals surface area (Å²) in [5.74, 6) is 2.60. The van der Waals surface area contributed by atoms with Crippen LogP contribution in [0.25, 0.3) is 0 Å². The molecular weight excluding hydrogens is 356 g/mol. The smallest absolute Gasteiger partial charge is 0.138 e. The van der Waals surface area contributed by atoms with E-state index in [1.165, 1.54) is 5.69 Å². The third-order valence-corrected chi connectivity index (χ3v) is 5.51. The lowest BCUT2D eigenvalue weighted by Gasteiger charge is -2.50. The third-order valence-electron chi connectivity index (χ3n) is 5.51. The molecule has 0 unspecified atom stereocenters. The van der Waals surface area contributed by atoms with Crippen LogP contribution in [-0.2, 0) is 4.74 Å². The van der Waals surface area contributed by atoms with Crippen LogP contribution in [0.4, 0.5) is 5.69 Å². The molecule has 2 atom stereocenters. The summed E-state index contributed by atoms with van der Waals surface area (Å²) in [4.78, 5) is 4.89. The molecule has 6 heteroatoms. The van der Waals surface area contributed by atoms with E-state index in [1.54, 1.807) is 14.2 Å². The predicted molar refractivity (Wildman–Crippen MR) is 109 cm³/mol. The molecule has 0 saturated carbocycles. The van der Waals surface area contributed by atoms with Crippen molar-refractivity contribution in [1.29, 1.82) is 0 Å². The van der Waals surface area contributed by atoms with Crippen LogP contribution in [-0.4, -0.2) is 70.7 Å². The fraction of sp³-hybridized carbons (Fsp3) is 0.455. The number of rotatable bonds is 7. The van der Waals surface area contributed by atoms with E-state index < -0.39 is 0 Å². The van der Waals surface area contributed by atoms with Gasteiger partial charge in [0.2, 0.25) is 0 Å². The number of hydrogen-bond donors (Lipinski definition) is 0. The Morgan fingerprint density at radius 3 is 2.04 bits per heavy atom. The molecule has 0 aromatic heterocycles. The molecule has 0 N–H and O–H groups in total. The molecule has 2 aliphatic rings. The zero-order valence-electron chi connectivity index (χ0n) is 16.5. The first kappa shape index (κ1) is 18.9. The van der Waals surface area contributed by atoms with Crippen molar-refractivity contribution in [2.45, 2.75) is 12.1 Å². The minimum absolute atomic E-state index is 0.151. The summed E-state index contributed by atoms with van der Waals surface area (Å²) < 4.78 is 22.4. The topological polar surface area (TPSA) is 43.4 Å². The summed E-state index contributed by atoms with van der Waals surface area (Å²) in [5.41, 5.74) is 1.20. The third kappa shape index (κ3) is 4.18. The summed E-state index contributed by atoms with van der Waals surface area (Å²) >= 11 is 0. The maximum atomic E-state index is 6.32. The van der Waals surface area contributed by atoms with Gasteiger partial charge in [0, 0.05) is 25.3 Å². The van der Waals surface area contributed by atoms with Gasteiger partial charge in [-0.25, -0.2) is 0 Å². The average molecular weight is 384 g/mol. The van der Waals surface area contributed by atoms with Crippen LogP contribution >= 0.6 is 0 Å². The molecule has 2 heterocycles. The van der Waals surface area contributed by atoms with Crippen molar-refractivity contribution >= 4 is 5.69 Å². The van der Waals surface area contributed by atoms with Gasteiger partial charge < -0.3 is 23.8 Å². The van der Waals surface area contributed by atoms with Crippen LogP contribution < -0.4 is 19.1 Å². The first-order chi connectivity index (χ1) is 13.8. The van der Waals surface area contributed by atoms with Crippen molar-refractivity contribution in [3.8, 4) is 17.2 Å². The van der Waals surface area contributed by atoms with Crippen LogP contribution in [0, 0.1) is 0 Å². The van der Waals surface area contributed by atoms with E-state index in [-0.39, 0.29) is 6.10 Å². The van der Waals surface area contributed by atoms with Crippen molar-refractivity contribution in [3.63, 3.8) is 0 Å². The number of morpholine rings is 1. The number of hydrogen-bond acceptors (Lipinski definition) is 6. The van der Waals surface area contributed by atoms with Gasteiger partial charge in [-0.05, 0) is 48.5 Å². The Bertz CT molecular complexity index is 744. The fourth-order valence-electron chi connectivity index (χ4n) is 3.79. The lowest BCUT2D eigenvalue weighted by atomic mass is 9.96. The van der Waals surface area contributed by atoms with E-state index in [0.29, 0.717) is 6.04 Å². The van der Waals surface area contributed by atoms with Crippen molar-refractivity contribution in [2.24, 2.45) is 0 Å². The van der Waals surface area contributed by atoms with Gasteiger partial charge in [0.25, 0.3) is 0 Å². The van der Waals surface area contributed by atoms with Gasteiger partial charge in [0.05, 0.1) is 40.0 Å². The molecule has 0 aliphatic carbocycles. The van der Waals surface area contributed by atoms with E-state index in [2.05, 4.69) is 21.9 Å². The van der Waals surface area contributed by atoms with E-state index >= 15 is 0 Å². The summed E-state index contributed by atoms with van der Waals surface area (Å²) in [7, 11) is 3.37. The molecule has 28 heavy (non-hydrogen) atoms. The van der Waals surface area contributed by atoms with Crippen LogP contribution in [0.3, 0.4) is 0 Å². The highest BCUT2D eigenvalue weighted by Gasteiger charge is 2.42. The van der Waals surface area contributed by atoms with E-state index in [4.69, 9.17) is 18.9 Å². The van der Waals surface area contributed by atoms with Crippen LogP contribution in [0.2, 0.25) is 0 Å². The summed E-state index contributed by atoms with van der Waals surface area (Å²) in [5, 5.41) is 0. The largest absolute Gasteiger partial charge is 0.497 e. The number of methoxy groups -OCH3 is 2. The van der Waals surface area contributed by atoms with Crippen LogP contribution in [0.15, 0.2) is 48.5 Å². The second kappa shape index (κ2) is 8.71. The Balaban J connectivity index is 1.46. The van der Waals surface area contributed by atoms with Crippen molar-refractivity contribution in [3.05, 3.63) is 48.5 Å². The highest BCUT2D eigenvalue weighted by molar-refractivity contribution is 5.53. The first-order valence-electron chi connectivity index (χ1n) is 9.78. The number of ether oxygens (including phenoxy) is 4. The summed E-state index contributed by atoms with van der Waals surface area (Å²) in [6.45, 7) is 5.40. The monoisotopic (exact) mass is 384 g/mol. The zero-order valence-corrected chi connectivity index (χ0v) is 16.5. The predicted octanol–water partition coefficient (Wildman–Crippen LogP) is 2.67. The first-order valence-corrected chi connectivity index (χ1v) is 9.78. The van der Waals surface area contributed by atoms with Gasteiger partial charge in [-0.1, -0.05) is 0 Å². The molecule has 2 saturated heterocycles. The highest BCUT2D eigenvalue weighted by atomic mass is 16.5. The van der Waals surface area contributed by atoms with Gasteiger partial charge in [-0.3, -0.25) is 4.90 Å². The number of benzene rings is 2. The van der Waals surface area contributed by atoms with Crippen LogP contribution in [0.1, 0.15) is 0 Å². The van der Waals surface area contributed by atoms with E-state index in [1.807, 2.05) is 36.4 Å². The molecule has 6 nitrogen and oxygen atoms in total. The minimum Gasteiger partial charge on any atom is -0.497 e. The second-order valence-electron chi connectivity index (χ2n) is 7.16. The molecule has 0 amide bonds. The lowest BCUT2D eigenvalue weighted by molar-refractivity contribution is 0.0171. The van der Waals surface area contributed by atoms with E-state index in [0.717, 1.165) is 56.6 Å². The molecule has 2 fully saturated rings. The molecular formula is C22H28N2O4. The molecule has 0 radical (unpaired) electrons. The maximum absolute atomic E-state index is 6.32. The fourth-order valence-corrected chi connectivity index (χ4v) is 3.79. The average Bonchev–Trinajstić information content (AvgIpc) is 2.76. The van der Waals surface area contributed by atoms with Gasteiger partial charge >= 0.3 is 0 Å². The van der Waals surface area contributed by atoms with Gasteiger partial charge in [0.1, 0.15) is 23.4 Å². The van der Waals surface area contributed by atoms with Crippen molar-refractivity contribution in [1.82, 2.24) is 4.90 Å². The Hall–Kier alpha value is -2.44.